The van der Waals surface area contributed by atoms with Crippen LogP contribution in [-0.4, -0.2) is 41.3 Å². The molecule has 0 aromatic heterocycles. The number of fused-ring (bicyclic) bond motifs is 6. The molecule has 6 rings (SSSR count). The number of carbonyl (C=O) groups is 2. The molecule has 3 aromatic rings. The number of ether oxygens (including phenoxy) is 2. The molecular weight excluding hydrogens is 402 g/mol. The highest BCUT2D eigenvalue weighted by Gasteiger charge is 2.70. The second-order valence-corrected chi connectivity index (χ2v) is 8.84. The zero-order valence-corrected chi connectivity index (χ0v) is 17.7. The minimum absolute atomic E-state index is 0.0317. The topological polar surface area (TPSA) is 55.8 Å². The Morgan fingerprint density at radius 2 is 1.47 bits per heavy atom. The molecule has 0 saturated carbocycles. The summed E-state index contributed by atoms with van der Waals surface area (Å²) in [7, 11) is 0. The molecule has 0 radical (unpaired) electrons. The Labute approximate surface area is 186 Å². The first kappa shape index (κ1) is 19.3. The van der Waals surface area contributed by atoms with Gasteiger partial charge in [0, 0.05) is 12.0 Å². The van der Waals surface area contributed by atoms with E-state index in [-0.39, 0.29) is 18.1 Å². The number of nitrogens with zero attached hydrogens (tertiary/aromatic N) is 1. The number of hydrogen-bond donors (Lipinski definition) is 0. The van der Waals surface area contributed by atoms with Gasteiger partial charge in [-0.3, -0.25) is 4.90 Å². The van der Waals surface area contributed by atoms with Crippen molar-refractivity contribution in [1.82, 2.24) is 4.90 Å². The molecule has 32 heavy (non-hydrogen) atoms. The van der Waals surface area contributed by atoms with Gasteiger partial charge in [-0.15, -0.1) is 0 Å². The monoisotopic (exact) mass is 425 g/mol. The van der Waals surface area contributed by atoms with Gasteiger partial charge in [0.05, 0.1) is 17.2 Å². The van der Waals surface area contributed by atoms with Crippen molar-refractivity contribution in [2.45, 2.75) is 43.7 Å². The minimum atomic E-state index is -0.572. The number of benzene rings is 3. The predicted molar refractivity (Wildman–Crippen MR) is 118 cm³/mol. The van der Waals surface area contributed by atoms with Crippen LogP contribution in [0.15, 0.2) is 78.9 Å². The molecule has 2 aliphatic heterocycles. The standard InChI is InChI=1S/C27H23NO4/c1-16-12-13-19-15-21-22(20(19)14-16)23-24(31-26(29)17-8-4-2-5-9-17)25(28(21)23)32-27(30)18-10-6-3-7-11-18/h2-14,21-25H,15H2,1H3. The highest BCUT2D eigenvalue weighted by Crippen LogP contribution is 2.58. The van der Waals surface area contributed by atoms with Crippen molar-refractivity contribution in [3.05, 3.63) is 107 Å². The molecule has 1 aliphatic carbocycles. The largest absolute Gasteiger partial charge is 0.452 e. The van der Waals surface area contributed by atoms with Gasteiger partial charge in [0.15, 0.2) is 12.3 Å². The van der Waals surface area contributed by atoms with E-state index in [0.717, 1.165) is 6.42 Å². The van der Waals surface area contributed by atoms with Gasteiger partial charge < -0.3 is 9.47 Å². The van der Waals surface area contributed by atoms with Crippen molar-refractivity contribution in [2.75, 3.05) is 0 Å². The number of esters is 2. The van der Waals surface area contributed by atoms with Gasteiger partial charge in [-0.1, -0.05) is 60.2 Å². The Hall–Kier alpha value is -3.44. The smallest absolute Gasteiger partial charge is 0.339 e. The highest BCUT2D eigenvalue weighted by atomic mass is 16.6. The number of rotatable bonds is 4. The fraction of sp³-hybridized carbons (Fsp3) is 0.259. The molecule has 5 heteroatoms. The third kappa shape index (κ3) is 2.88. The predicted octanol–water partition coefficient (Wildman–Crippen LogP) is 4.11. The maximum absolute atomic E-state index is 12.8. The first-order valence-electron chi connectivity index (χ1n) is 11.0. The van der Waals surface area contributed by atoms with Crippen LogP contribution in [0, 0.1) is 6.92 Å². The molecule has 0 N–H and O–H groups in total. The fourth-order valence-electron chi connectivity index (χ4n) is 5.52. The van der Waals surface area contributed by atoms with E-state index in [1.807, 2.05) is 36.4 Å². The van der Waals surface area contributed by atoms with Crippen molar-refractivity contribution < 1.29 is 19.1 Å². The lowest BCUT2D eigenvalue weighted by Crippen LogP contribution is -2.82. The minimum Gasteiger partial charge on any atom is -0.452 e. The second-order valence-electron chi connectivity index (χ2n) is 8.84. The Morgan fingerprint density at radius 1 is 0.844 bits per heavy atom. The number of piperidine rings is 1. The van der Waals surface area contributed by atoms with Crippen LogP contribution in [0.25, 0.3) is 0 Å². The van der Waals surface area contributed by atoms with Gasteiger partial charge in [-0.2, -0.15) is 0 Å². The lowest BCUT2D eigenvalue weighted by Gasteiger charge is -2.66. The van der Waals surface area contributed by atoms with E-state index < -0.39 is 18.3 Å². The van der Waals surface area contributed by atoms with Crippen LogP contribution in [0.1, 0.15) is 43.3 Å². The summed E-state index contributed by atoms with van der Waals surface area (Å²) in [5.41, 5.74) is 4.89. The molecule has 2 saturated heterocycles. The Kier molecular flexibility index (Phi) is 4.40. The summed E-state index contributed by atoms with van der Waals surface area (Å²) in [6.07, 6.45) is -0.143. The van der Waals surface area contributed by atoms with Crippen LogP contribution < -0.4 is 0 Å². The summed E-state index contributed by atoms with van der Waals surface area (Å²) in [5.74, 6) is -0.489. The summed E-state index contributed by atoms with van der Waals surface area (Å²) in [4.78, 5) is 27.8. The lowest BCUT2D eigenvalue weighted by molar-refractivity contribution is -0.285. The molecule has 0 bridgehead atoms. The van der Waals surface area contributed by atoms with Gasteiger partial charge in [0.25, 0.3) is 0 Å². The van der Waals surface area contributed by atoms with Gasteiger partial charge in [0.1, 0.15) is 0 Å². The van der Waals surface area contributed by atoms with Crippen LogP contribution in [-0.2, 0) is 15.9 Å². The van der Waals surface area contributed by atoms with Gasteiger partial charge >= 0.3 is 11.9 Å². The van der Waals surface area contributed by atoms with Crippen LogP contribution in [0.2, 0.25) is 0 Å². The third-order valence-corrected chi connectivity index (χ3v) is 7.00. The molecule has 3 aliphatic rings. The van der Waals surface area contributed by atoms with E-state index in [0.29, 0.717) is 17.0 Å². The van der Waals surface area contributed by atoms with Crippen molar-refractivity contribution >= 4 is 11.9 Å². The van der Waals surface area contributed by atoms with Gasteiger partial charge in [0.2, 0.25) is 0 Å². The highest BCUT2D eigenvalue weighted by molar-refractivity contribution is 5.90. The Balaban J connectivity index is 1.28. The normalized spacial score (nSPS) is 27.2. The first-order valence-corrected chi connectivity index (χ1v) is 11.0. The van der Waals surface area contributed by atoms with Gasteiger partial charge in [-0.25, -0.2) is 9.59 Å². The zero-order valence-electron chi connectivity index (χ0n) is 17.7. The summed E-state index contributed by atoms with van der Waals surface area (Å²) >= 11 is 0. The Morgan fingerprint density at radius 3 is 2.12 bits per heavy atom. The maximum Gasteiger partial charge on any atom is 0.339 e. The average Bonchev–Trinajstić information content (AvgIpc) is 3.11. The van der Waals surface area contributed by atoms with E-state index in [4.69, 9.17) is 9.47 Å². The molecule has 5 unspecified atom stereocenters. The Bertz CT molecular complexity index is 1190. The lowest BCUT2D eigenvalue weighted by atomic mass is 9.69. The molecule has 2 fully saturated rings. The van der Waals surface area contributed by atoms with Crippen molar-refractivity contribution in [1.29, 1.82) is 0 Å². The second kappa shape index (κ2) is 7.31. The molecule has 5 nitrogen and oxygen atoms in total. The van der Waals surface area contributed by atoms with Crippen LogP contribution in [0.5, 0.6) is 0 Å². The maximum atomic E-state index is 12.8. The van der Waals surface area contributed by atoms with E-state index in [1.165, 1.54) is 16.7 Å². The summed E-state index contributed by atoms with van der Waals surface area (Å²) in [5, 5.41) is 0. The van der Waals surface area contributed by atoms with E-state index in [1.54, 1.807) is 24.3 Å². The zero-order chi connectivity index (χ0) is 21.8. The van der Waals surface area contributed by atoms with Crippen LogP contribution in [0.3, 0.4) is 0 Å². The summed E-state index contributed by atoms with van der Waals surface area (Å²) in [6.45, 7) is 2.10. The molecule has 2 heterocycles. The summed E-state index contributed by atoms with van der Waals surface area (Å²) < 4.78 is 11.8. The van der Waals surface area contributed by atoms with E-state index in [2.05, 4.69) is 30.0 Å². The molecule has 0 amide bonds. The number of hydrogen-bond acceptors (Lipinski definition) is 5. The quantitative estimate of drug-likeness (QED) is 0.589. The number of carbonyl (C=O) groups excluding carboxylic acids is 2. The molecule has 5 atom stereocenters. The molecule has 160 valence electrons. The average molecular weight is 425 g/mol. The molecule has 3 aromatic carbocycles. The van der Waals surface area contributed by atoms with Crippen molar-refractivity contribution in [2.24, 2.45) is 0 Å². The third-order valence-electron chi connectivity index (χ3n) is 7.00. The first-order chi connectivity index (χ1) is 15.6. The van der Waals surface area contributed by atoms with E-state index >= 15 is 0 Å². The fourth-order valence-corrected chi connectivity index (χ4v) is 5.52. The molecule has 0 spiro atoms. The van der Waals surface area contributed by atoms with Crippen molar-refractivity contribution in [3.8, 4) is 0 Å². The molecular formula is C27H23NO4. The number of aryl methyl sites for hydroxylation is 1. The van der Waals surface area contributed by atoms with Crippen LogP contribution >= 0.6 is 0 Å². The van der Waals surface area contributed by atoms with Crippen LogP contribution in [0.4, 0.5) is 0 Å². The van der Waals surface area contributed by atoms with E-state index in [9.17, 15) is 9.59 Å². The summed E-state index contributed by atoms with van der Waals surface area (Å²) in [6, 6.07) is 24.8. The van der Waals surface area contributed by atoms with Gasteiger partial charge in [-0.05, 0) is 48.7 Å². The van der Waals surface area contributed by atoms with Crippen molar-refractivity contribution in [3.63, 3.8) is 0 Å². The SMILES string of the molecule is Cc1ccc2c(c1)C1C(C2)N2C(OC(=O)c3ccccc3)C(OC(=O)c3ccccc3)C12.